The molecule has 10 heteroatoms. The van der Waals surface area contributed by atoms with E-state index in [2.05, 4.69) is 44.9 Å². The topological polar surface area (TPSA) is 83.3 Å². The monoisotopic (exact) mass is 483 g/mol. The summed E-state index contributed by atoms with van der Waals surface area (Å²) in [6.45, 7) is 4.15. The van der Waals surface area contributed by atoms with Gasteiger partial charge in [-0.25, -0.2) is 5.84 Å². The first kappa shape index (κ1) is 29.9. The van der Waals surface area contributed by atoms with E-state index in [-0.39, 0.29) is 55.5 Å². The number of halogens is 4. The van der Waals surface area contributed by atoms with Crippen LogP contribution in [0, 0.1) is 0 Å². The molecule has 2 aromatic rings. The summed E-state index contributed by atoms with van der Waals surface area (Å²) in [7, 11) is 0. The molecule has 1 aliphatic rings. The molecule has 2 heterocycles. The number of carbonyl (C=O) groups excluding carboxylic acids is 1. The van der Waals surface area contributed by atoms with Gasteiger partial charge in [-0.15, -0.1) is 49.6 Å². The Morgan fingerprint density at radius 2 is 1.62 bits per heavy atom. The highest BCUT2D eigenvalue weighted by molar-refractivity contribution is 5.86. The van der Waals surface area contributed by atoms with Crippen molar-refractivity contribution < 1.29 is 4.79 Å². The SMILES string of the molecule is Cl.Cl.Cl.Cl.NNC(=O)Cc1ccc(CCc2cc(N3CCNCC3)ccn2)cc1. The van der Waals surface area contributed by atoms with E-state index in [0.717, 1.165) is 50.3 Å². The molecule has 3 rings (SSSR count). The van der Waals surface area contributed by atoms with Crippen molar-refractivity contribution in [2.45, 2.75) is 19.3 Å². The predicted octanol–water partition coefficient (Wildman–Crippen LogP) is 2.50. The summed E-state index contributed by atoms with van der Waals surface area (Å²) in [6, 6.07) is 12.4. The van der Waals surface area contributed by atoms with Crippen LogP contribution in [-0.4, -0.2) is 37.1 Å². The minimum absolute atomic E-state index is 0. The molecule has 6 nitrogen and oxygen atoms in total. The summed E-state index contributed by atoms with van der Waals surface area (Å²) in [4.78, 5) is 18.2. The summed E-state index contributed by atoms with van der Waals surface area (Å²) in [5, 5.41) is 3.38. The third-order valence-corrected chi connectivity index (χ3v) is 4.50. The zero-order chi connectivity index (χ0) is 17.5. The zero-order valence-electron chi connectivity index (χ0n) is 16.0. The minimum atomic E-state index is -0.179. The Morgan fingerprint density at radius 1 is 1.00 bits per heavy atom. The average Bonchev–Trinajstić information content (AvgIpc) is 2.68. The van der Waals surface area contributed by atoms with Crippen molar-refractivity contribution in [3.63, 3.8) is 0 Å². The van der Waals surface area contributed by atoms with Gasteiger partial charge in [-0.2, -0.15) is 0 Å². The van der Waals surface area contributed by atoms with Crippen molar-refractivity contribution in [1.29, 1.82) is 0 Å². The van der Waals surface area contributed by atoms with Gasteiger partial charge < -0.3 is 10.2 Å². The van der Waals surface area contributed by atoms with E-state index >= 15 is 0 Å². The zero-order valence-corrected chi connectivity index (χ0v) is 19.3. The average molecular weight is 485 g/mol. The molecule has 0 radical (unpaired) electrons. The number of rotatable bonds is 6. The number of anilines is 1. The lowest BCUT2D eigenvalue weighted by molar-refractivity contribution is -0.120. The summed E-state index contributed by atoms with van der Waals surface area (Å²) >= 11 is 0. The molecular weight excluding hydrogens is 456 g/mol. The van der Waals surface area contributed by atoms with Gasteiger partial charge in [0.2, 0.25) is 5.91 Å². The van der Waals surface area contributed by atoms with Gasteiger partial charge in [0.25, 0.3) is 0 Å². The van der Waals surface area contributed by atoms with Gasteiger partial charge in [-0.1, -0.05) is 24.3 Å². The third-order valence-electron chi connectivity index (χ3n) is 4.50. The van der Waals surface area contributed by atoms with Gasteiger partial charge in [0.05, 0.1) is 6.42 Å². The fourth-order valence-electron chi connectivity index (χ4n) is 3.05. The molecule has 0 aliphatic carbocycles. The Balaban J connectivity index is 0. The Kier molecular flexibility index (Phi) is 16.0. The predicted molar refractivity (Wildman–Crippen MR) is 128 cm³/mol. The second kappa shape index (κ2) is 15.5. The molecule has 1 amide bonds. The van der Waals surface area contributed by atoms with Gasteiger partial charge >= 0.3 is 0 Å². The van der Waals surface area contributed by atoms with Crippen LogP contribution in [0.4, 0.5) is 5.69 Å². The number of aryl methyl sites for hydroxylation is 2. The molecule has 0 spiro atoms. The Hall–Kier alpha value is -1.28. The maximum atomic E-state index is 11.3. The van der Waals surface area contributed by atoms with Crippen LogP contribution in [0.2, 0.25) is 0 Å². The Labute approximate surface area is 197 Å². The van der Waals surface area contributed by atoms with Crippen LogP contribution in [0.5, 0.6) is 0 Å². The molecule has 1 aromatic carbocycles. The summed E-state index contributed by atoms with van der Waals surface area (Å²) < 4.78 is 0. The van der Waals surface area contributed by atoms with Crippen LogP contribution in [0.15, 0.2) is 42.6 Å². The van der Waals surface area contributed by atoms with E-state index in [0.29, 0.717) is 6.42 Å². The van der Waals surface area contributed by atoms with Crippen LogP contribution >= 0.6 is 49.6 Å². The van der Waals surface area contributed by atoms with Crippen LogP contribution in [0.25, 0.3) is 0 Å². The van der Waals surface area contributed by atoms with Crippen molar-refractivity contribution in [2.75, 3.05) is 31.1 Å². The smallest absolute Gasteiger partial charge is 0.238 e. The van der Waals surface area contributed by atoms with Crippen molar-refractivity contribution in [2.24, 2.45) is 5.84 Å². The number of benzene rings is 1. The van der Waals surface area contributed by atoms with Gasteiger partial charge in [0.15, 0.2) is 0 Å². The molecule has 1 aliphatic heterocycles. The fraction of sp³-hybridized carbons (Fsp3) is 0.368. The second-order valence-electron chi connectivity index (χ2n) is 6.30. The number of hydrogen-bond donors (Lipinski definition) is 3. The van der Waals surface area contributed by atoms with Crippen molar-refractivity contribution in [3.05, 3.63) is 59.4 Å². The standard InChI is InChI=1S/C19H25N5O.4ClH/c20-23-19(25)13-16-3-1-15(2-4-16)5-6-17-14-18(7-8-22-17)24-11-9-21-10-12-24;;;;/h1-4,7-8,14,21H,5-6,9-13,20H2,(H,23,25);4*1H. The Morgan fingerprint density at radius 3 is 2.24 bits per heavy atom. The first-order valence-electron chi connectivity index (χ1n) is 8.72. The number of nitrogens with one attached hydrogen (secondary N) is 2. The van der Waals surface area contributed by atoms with E-state index < -0.39 is 0 Å². The summed E-state index contributed by atoms with van der Waals surface area (Å²) in [5.41, 5.74) is 6.73. The Bertz CT molecular complexity index is 712. The summed E-state index contributed by atoms with van der Waals surface area (Å²) in [6.07, 6.45) is 4.05. The van der Waals surface area contributed by atoms with Crippen LogP contribution in [0.3, 0.4) is 0 Å². The van der Waals surface area contributed by atoms with E-state index in [4.69, 9.17) is 5.84 Å². The maximum Gasteiger partial charge on any atom is 0.238 e. The van der Waals surface area contributed by atoms with Gasteiger partial charge in [-0.3, -0.25) is 15.2 Å². The molecule has 0 unspecified atom stereocenters. The number of pyridine rings is 1. The molecule has 0 atom stereocenters. The molecule has 4 N–H and O–H groups in total. The summed E-state index contributed by atoms with van der Waals surface area (Å²) in [5.74, 6) is 4.94. The van der Waals surface area contributed by atoms with E-state index in [1.165, 1.54) is 11.3 Å². The quantitative estimate of drug-likeness (QED) is 0.333. The lowest BCUT2D eigenvalue weighted by atomic mass is 10.0. The maximum absolute atomic E-state index is 11.3. The lowest BCUT2D eigenvalue weighted by Gasteiger charge is -2.29. The van der Waals surface area contributed by atoms with Gasteiger partial charge in [-0.05, 0) is 36.1 Å². The minimum Gasteiger partial charge on any atom is -0.369 e. The van der Waals surface area contributed by atoms with Gasteiger partial charge in [0, 0.05) is 43.8 Å². The molecular formula is C19H29Cl4N5O. The van der Waals surface area contributed by atoms with Gasteiger partial charge in [0.1, 0.15) is 0 Å². The number of nitrogens with zero attached hydrogens (tertiary/aromatic N) is 2. The number of aromatic nitrogens is 1. The van der Waals surface area contributed by atoms with E-state index in [1.807, 2.05) is 18.3 Å². The first-order valence-corrected chi connectivity index (χ1v) is 8.72. The highest BCUT2D eigenvalue weighted by Crippen LogP contribution is 2.16. The molecule has 1 aromatic heterocycles. The number of amides is 1. The number of hydrazine groups is 1. The van der Waals surface area contributed by atoms with Crippen LogP contribution in [0.1, 0.15) is 16.8 Å². The number of piperazine rings is 1. The molecule has 0 saturated carbocycles. The molecule has 1 fully saturated rings. The van der Waals surface area contributed by atoms with Crippen molar-refractivity contribution >= 4 is 61.2 Å². The molecule has 1 saturated heterocycles. The lowest BCUT2D eigenvalue weighted by Crippen LogP contribution is -2.43. The molecule has 164 valence electrons. The highest BCUT2D eigenvalue weighted by atomic mass is 35.5. The molecule has 0 bridgehead atoms. The van der Waals surface area contributed by atoms with E-state index in [9.17, 15) is 4.79 Å². The number of carbonyl (C=O) groups is 1. The second-order valence-corrected chi connectivity index (χ2v) is 6.30. The van der Waals surface area contributed by atoms with Crippen LogP contribution < -0.4 is 21.5 Å². The first-order chi connectivity index (χ1) is 12.2. The third kappa shape index (κ3) is 9.38. The van der Waals surface area contributed by atoms with Crippen molar-refractivity contribution in [3.8, 4) is 0 Å². The normalized spacial score (nSPS) is 12.4. The van der Waals surface area contributed by atoms with Crippen molar-refractivity contribution in [1.82, 2.24) is 15.7 Å². The fourth-order valence-corrected chi connectivity index (χ4v) is 3.05. The van der Waals surface area contributed by atoms with E-state index in [1.54, 1.807) is 0 Å². The molecule has 29 heavy (non-hydrogen) atoms. The van der Waals surface area contributed by atoms with Crippen LogP contribution in [-0.2, 0) is 24.1 Å². The largest absolute Gasteiger partial charge is 0.369 e. The number of hydrogen-bond acceptors (Lipinski definition) is 5. The highest BCUT2D eigenvalue weighted by Gasteiger charge is 2.11. The number of nitrogens with two attached hydrogens (primary N) is 1.